The third-order valence-electron chi connectivity index (χ3n) is 10.4. The van der Waals surface area contributed by atoms with Crippen LogP contribution in [0.4, 0.5) is 0 Å². The summed E-state index contributed by atoms with van der Waals surface area (Å²) in [5.74, 6) is 0.547. The number of allylic oxidation sites excluding steroid dienone is 2. The van der Waals surface area contributed by atoms with Gasteiger partial charge in [-0.3, -0.25) is 9.78 Å². The van der Waals surface area contributed by atoms with E-state index >= 15 is 0 Å². The van der Waals surface area contributed by atoms with Gasteiger partial charge in [0.25, 0.3) is 0 Å². The summed E-state index contributed by atoms with van der Waals surface area (Å²) in [6.07, 6.45) is 4.91. The van der Waals surface area contributed by atoms with Crippen LogP contribution in [0.1, 0.15) is 103 Å². The number of aliphatic hydroxyl groups is 1. The third kappa shape index (κ3) is 6.44. The first-order valence-corrected chi connectivity index (χ1v) is 16.1. The Morgan fingerprint density at radius 1 is 0.886 bits per heavy atom. The Labute approximate surface area is 278 Å². The number of aryl methyl sites for hydroxylation is 2. The molecule has 44 heavy (non-hydrogen) atoms. The molecule has 1 heterocycles. The Hall–Kier alpha value is -2.81. The fourth-order valence-corrected chi connectivity index (χ4v) is 6.77. The maximum atomic E-state index is 11.7. The quantitative estimate of drug-likeness (QED) is 0.116. The molecule has 1 N–H and O–H groups in total. The molecule has 0 amide bonds. The van der Waals surface area contributed by atoms with Gasteiger partial charge in [0.2, 0.25) is 0 Å². The summed E-state index contributed by atoms with van der Waals surface area (Å²) in [7, 11) is 0. The summed E-state index contributed by atoms with van der Waals surface area (Å²) < 4.78 is 0. The van der Waals surface area contributed by atoms with Crippen LogP contribution in [0.2, 0.25) is 0 Å². The molecule has 1 aliphatic rings. The van der Waals surface area contributed by atoms with E-state index in [4.69, 9.17) is 4.98 Å². The van der Waals surface area contributed by atoms with Crippen LogP contribution in [0, 0.1) is 31.7 Å². The molecule has 0 fully saturated rings. The van der Waals surface area contributed by atoms with Crippen LogP contribution in [-0.2, 0) is 35.7 Å². The molecule has 0 saturated carbocycles. The second kappa shape index (κ2) is 14.1. The number of hydrogen-bond donors (Lipinski definition) is 1. The average Bonchev–Trinajstić information content (AvgIpc) is 2.97. The van der Waals surface area contributed by atoms with Crippen molar-refractivity contribution in [2.24, 2.45) is 11.8 Å². The molecule has 0 atom stereocenters. The predicted molar refractivity (Wildman–Crippen MR) is 183 cm³/mol. The van der Waals surface area contributed by atoms with Gasteiger partial charge in [0, 0.05) is 43.7 Å². The van der Waals surface area contributed by atoms with Crippen molar-refractivity contribution in [3.63, 3.8) is 0 Å². The molecule has 0 saturated heterocycles. The number of carbonyl (C=O) groups excluding carboxylic acids is 1. The molecule has 1 aliphatic carbocycles. The van der Waals surface area contributed by atoms with E-state index in [1.54, 1.807) is 0 Å². The zero-order valence-corrected chi connectivity index (χ0v) is 30.7. The van der Waals surface area contributed by atoms with Gasteiger partial charge < -0.3 is 5.11 Å². The number of hydrogen-bond acceptors (Lipinski definition) is 3. The van der Waals surface area contributed by atoms with E-state index in [9.17, 15) is 9.90 Å². The Morgan fingerprint density at radius 2 is 1.50 bits per heavy atom. The van der Waals surface area contributed by atoms with Crippen molar-refractivity contribution >= 4 is 27.5 Å². The normalized spacial score (nSPS) is 15.0. The van der Waals surface area contributed by atoms with Gasteiger partial charge >= 0.3 is 0 Å². The summed E-state index contributed by atoms with van der Waals surface area (Å²) in [4.78, 5) is 16.9. The van der Waals surface area contributed by atoms with E-state index < -0.39 is 0 Å². The monoisotopic (exact) mass is 769 g/mol. The van der Waals surface area contributed by atoms with Crippen molar-refractivity contribution in [3.05, 3.63) is 88.7 Å². The Kier molecular flexibility index (Phi) is 11.4. The number of aromatic nitrogens is 1. The molecule has 237 valence electrons. The van der Waals surface area contributed by atoms with Crippen LogP contribution in [0.15, 0.2) is 60.4 Å². The van der Waals surface area contributed by atoms with E-state index in [1.807, 2.05) is 27.7 Å². The van der Waals surface area contributed by atoms with Crippen molar-refractivity contribution in [1.29, 1.82) is 0 Å². The molecule has 0 unspecified atom stereocenters. The molecule has 0 aliphatic heterocycles. The molecule has 0 bridgehead atoms. The van der Waals surface area contributed by atoms with Crippen molar-refractivity contribution in [2.45, 2.75) is 106 Å². The molecule has 4 aromatic rings. The number of carbonyl (C=O) groups is 1. The topological polar surface area (TPSA) is 50.2 Å². The maximum absolute atomic E-state index is 11.7. The summed E-state index contributed by atoms with van der Waals surface area (Å²) in [5.41, 5.74) is 8.64. The van der Waals surface area contributed by atoms with E-state index in [2.05, 4.69) is 96.1 Å². The minimum Gasteiger partial charge on any atom is -0.512 e. The molecule has 3 nitrogen and oxygen atoms in total. The Bertz CT molecular complexity index is 1670. The Morgan fingerprint density at radius 3 is 2.11 bits per heavy atom. The number of para-hydroxylation sites is 1. The molecule has 5 rings (SSSR count). The second-order valence-corrected chi connectivity index (χ2v) is 13.4. The Balaban J connectivity index is 0.000000286. The van der Waals surface area contributed by atoms with E-state index in [0.717, 1.165) is 36.9 Å². The minimum atomic E-state index is -0.0392. The molecular formula is C40H50IrNO2-. The first-order chi connectivity index (χ1) is 20.3. The molecule has 1 aromatic heterocycles. The van der Waals surface area contributed by atoms with Crippen molar-refractivity contribution in [3.8, 4) is 11.3 Å². The number of fused-ring (bicyclic) bond motifs is 5. The standard InChI is InChI=1S/C27H26N.C13H24O2.Ir/c1-16-11-12-18-14-21-24(17(2)20(18)13-16)27(5,6)26(3,4)22-15-19-9-7-8-10-23(19)28-25(21)22;1-5-10(6-2)12(14)9-13(15)11(7-3)8-4;/h7-13,15H,1-6H3;9-11,14H,5-8H2,1-4H3;/q-1;;/b;12-9-;. The average molecular weight is 769 g/mol. The molecule has 1 radical (unpaired) electrons. The summed E-state index contributed by atoms with van der Waals surface area (Å²) in [5, 5.41) is 13.5. The number of ketones is 1. The summed E-state index contributed by atoms with van der Waals surface area (Å²) >= 11 is 0. The van der Waals surface area contributed by atoms with Crippen molar-refractivity contribution in [2.75, 3.05) is 0 Å². The largest absolute Gasteiger partial charge is 0.512 e. The van der Waals surface area contributed by atoms with Crippen LogP contribution in [0.5, 0.6) is 0 Å². The smallest absolute Gasteiger partial charge is 0.162 e. The number of benzene rings is 3. The van der Waals surface area contributed by atoms with Gasteiger partial charge in [-0.15, -0.1) is 23.1 Å². The zero-order valence-electron chi connectivity index (χ0n) is 28.3. The summed E-state index contributed by atoms with van der Waals surface area (Å²) in [6, 6.07) is 21.2. The van der Waals surface area contributed by atoms with Crippen LogP contribution in [-0.4, -0.2) is 15.9 Å². The number of pyridine rings is 1. The first kappa shape index (κ1) is 35.7. The van der Waals surface area contributed by atoms with E-state index in [0.29, 0.717) is 0 Å². The van der Waals surface area contributed by atoms with Gasteiger partial charge in [-0.2, -0.15) is 0 Å². The van der Waals surface area contributed by atoms with Crippen LogP contribution >= 0.6 is 0 Å². The van der Waals surface area contributed by atoms with Crippen LogP contribution < -0.4 is 0 Å². The minimum absolute atomic E-state index is 0. The second-order valence-electron chi connectivity index (χ2n) is 13.4. The number of nitrogens with zero attached hydrogens (tertiary/aromatic N) is 1. The van der Waals surface area contributed by atoms with Crippen molar-refractivity contribution < 1.29 is 30.0 Å². The SMILES string of the molecule is CCC(CC)C(=O)/C=C(\O)C(CC)CC.Cc1ccc2[c-]c3c(c(C)c2c1)C(C)(C)C(C)(C)c1cc2ccccc2nc1-3.[Ir]. The first-order valence-electron chi connectivity index (χ1n) is 16.1. The fraction of sp³-hybridized carbons (Fsp3) is 0.450. The zero-order chi connectivity index (χ0) is 31.7. The molecular weight excluding hydrogens is 719 g/mol. The van der Waals surface area contributed by atoms with Gasteiger partial charge in [-0.1, -0.05) is 121 Å². The van der Waals surface area contributed by atoms with Gasteiger partial charge in [-0.25, -0.2) is 0 Å². The number of rotatable bonds is 7. The van der Waals surface area contributed by atoms with Gasteiger partial charge in [0.15, 0.2) is 5.78 Å². The van der Waals surface area contributed by atoms with Gasteiger partial charge in [0.05, 0.1) is 11.3 Å². The maximum Gasteiger partial charge on any atom is 0.162 e. The molecule has 4 heteroatoms. The molecule has 3 aromatic carbocycles. The fourth-order valence-electron chi connectivity index (χ4n) is 6.77. The van der Waals surface area contributed by atoms with Crippen molar-refractivity contribution in [1.82, 2.24) is 4.98 Å². The number of aliphatic hydroxyl groups excluding tert-OH is 1. The van der Waals surface area contributed by atoms with Crippen LogP contribution in [0.3, 0.4) is 0 Å². The van der Waals surface area contributed by atoms with Gasteiger partial charge in [0.1, 0.15) is 0 Å². The van der Waals surface area contributed by atoms with E-state index in [1.165, 1.54) is 50.1 Å². The van der Waals surface area contributed by atoms with E-state index in [-0.39, 0.29) is 54.3 Å². The molecule has 0 spiro atoms. The summed E-state index contributed by atoms with van der Waals surface area (Å²) in [6.45, 7) is 22.0. The third-order valence-corrected chi connectivity index (χ3v) is 10.4. The predicted octanol–water partition coefficient (Wildman–Crippen LogP) is 10.9. The van der Waals surface area contributed by atoms with Gasteiger partial charge in [-0.05, 0) is 60.5 Å². The van der Waals surface area contributed by atoms with Crippen LogP contribution in [0.25, 0.3) is 32.9 Å².